The lowest BCUT2D eigenvalue weighted by Crippen LogP contribution is -2.54. The van der Waals surface area contributed by atoms with Crippen LogP contribution in [0, 0.1) is 17.8 Å². The molecule has 2 unspecified atom stereocenters. The van der Waals surface area contributed by atoms with Crippen molar-refractivity contribution in [1.82, 2.24) is 15.1 Å². The zero-order valence-electron chi connectivity index (χ0n) is 30.5. The number of aliphatic hydroxyl groups excluding tert-OH is 1. The van der Waals surface area contributed by atoms with Gasteiger partial charge in [0.2, 0.25) is 0 Å². The van der Waals surface area contributed by atoms with Gasteiger partial charge in [-0.3, -0.25) is 14.5 Å². The Kier molecular flexibility index (Phi) is 18.6. The summed E-state index contributed by atoms with van der Waals surface area (Å²) < 4.78 is 15.5. The molecule has 4 rings (SSSR count). The number of hydrogen-bond donors (Lipinski definition) is 3. The first-order valence-corrected chi connectivity index (χ1v) is 17.9. The molecule has 3 heterocycles. The molecule has 49 heavy (non-hydrogen) atoms. The predicted molar refractivity (Wildman–Crippen MR) is 187 cm³/mol. The molecule has 3 fully saturated rings. The lowest BCUT2D eigenvalue weighted by molar-refractivity contribution is -0.147. The van der Waals surface area contributed by atoms with Gasteiger partial charge in [-0.2, -0.15) is 0 Å². The third kappa shape index (κ3) is 16.4. The second-order valence-electron chi connectivity index (χ2n) is 14.1. The maximum Gasteiger partial charge on any atom is 0.410 e. The van der Waals surface area contributed by atoms with Gasteiger partial charge in [-0.1, -0.05) is 37.3 Å². The zero-order chi connectivity index (χ0) is 36.4. The number of amides is 1. The number of carbonyl (C=O) groups is 4. The number of carboxylic acids is 1. The molecule has 5 atom stereocenters. The number of ether oxygens (including phenoxy) is 3. The van der Waals surface area contributed by atoms with Gasteiger partial charge in [0.25, 0.3) is 0 Å². The van der Waals surface area contributed by atoms with E-state index in [-0.39, 0.29) is 18.0 Å². The fraction of sp³-hybridized carbons (Fsp3) is 0.730. The Hall–Kier alpha value is -3.22. The molecule has 0 aliphatic carbocycles. The number of rotatable bonds is 9. The van der Waals surface area contributed by atoms with E-state index >= 15 is 0 Å². The zero-order valence-corrected chi connectivity index (χ0v) is 30.5. The van der Waals surface area contributed by atoms with E-state index in [0.29, 0.717) is 55.4 Å². The average Bonchev–Trinajstić information content (AvgIpc) is 3.05. The first kappa shape index (κ1) is 41.9. The van der Waals surface area contributed by atoms with Gasteiger partial charge in [0.15, 0.2) is 6.10 Å². The van der Waals surface area contributed by atoms with E-state index < -0.39 is 17.7 Å². The first-order chi connectivity index (χ1) is 23.2. The van der Waals surface area contributed by atoms with Crippen molar-refractivity contribution in [2.75, 3.05) is 52.5 Å². The number of carboxylic acid groups (broad SMARTS) is 1. The van der Waals surface area contributed by atoms with E-state index in [1.54, 1.807) is 30.3 Å². The van der Waals surface area contributed by atoms with Gasteiger partial charge in [0.1, 0.15) is 5.60 Å². The van der Waals surface area contributed by atoms with Gasteiger partial charge in [-0.15, -0.1) is 0 Å². The summed E-state index contributed by atoms with van der Waals surface area (Å²) in [5, 5.41) is 20.7. The molecule has 3 saturated heterocycles. The summed E-state index contributed by atoms with van der Waals surface area (Å²) >= 11 is 0. The molecule has 0 spiro atoms. The van der Waals surface area contributed by atoms with Crippen LogP contribution in [0.25, 0.3) is 0 Å². The Bertz CT molecular complexity index is 1140. The summed E-state index contributed by atoms with van der Waals surface area (Å²) in [4.78, 5) is 49.8. The number of benzene rings is 1. The topological polar surface area (TPSA) is 155 Å². The number of hydrogen-bond acceptors (Lipinski definition) is 10. The second kappa shape index (κ2) is 21.8. The average molecular weight is 692 g/mol. The van der Waals surface area contributed by atoms with Gasteiger partial charge < -0.3 is 34.6 Å². The first-order valence-electron chi connectivity index (χ1n) is 17.9. The van der Waals surface area contributed by atoms with Crippen LogP contribution < -0.4 is 5.32 Å². The van der Waals surface area contributed by atoms with Gasteiger partial charge in [-0.05, 0) is 110 Å². The molecule has 0 radical (unpaired) electrons. The Morgan fingerprint density at radius 3 is 2.04 bits per heavy atom. The van der Waals surface area contributed by atoms with Gasteiger partial charge >= 0.3 is 24.0 Å². The molecule has 1 amide bonds. The van der Waals surface area contributed by atoms with Crippen molar-refractivity contribution in [2.45, 2.75) is 104 Å². The minimum absolute atomic E-state index is 0.0498. The van der Waals surface area contributed by atoms with E-state index in [4.69, 9.17) is 24.4 Å². The smallest absolute Gasteiger partial charge is 0.410 e. The van der Waals surface area contributed by atoms with Crippen molar-refractivity contribution in [1.29, 1.82) is 0 Å². The molecule has 278 valence electrons. The summed E-state index contributed by atoms with van der Waals surface area (Å²) in [6.45, 7) is 18.2. The Balaban J connectivity index is 0.000000298. The third-order valence-corrected chi connectivity index (χ3v) is 8.80. The summed E-state index contributed by atoms with van der Waals surface area (Å²) in [5.74, 6) is -0.0659. The van der Waals surface area contributed by atoms with Crippen LogP contribution in [0.5, 0.6) is 0 Å². The van der Waals surface area contributed by atoms with Crippen molar-refractivity contribution in [2.24, 2.45) is 17.8 Å². The van der Waals surface area contributed by atoms with E-state index in [0.717, 1.165) is 65.0 Å². The van der Waals surface area contributed by atoms with Crippen LogP contribution in [-0.4, -0.2) is 108 Å². The highest BCUT2D eigenvalue weighted by Crippen LogP contribution is 2.29. The van der Waals surface area contributed by atoms with E-state index in [1.807, 2.05) is 39.5 Å². The quantitative estimate of drug-likeness (QED) is 0.236. The van der Waals surface area contributed by atoms with Gasteiger partial charge in [0.05, 0.1) is 13.2 Å². The lowest BCUT2D eigenvalue weighted by Gasteiger charge is -2.45. The molecule has 3 N–H and O–H groups in total. The van der Waals surface area contributed by atoms with Gasteiger partial charge in [0, 0.05) is 38.5 Å². The molecule has 0 saturated carbocycles. The minimum atomic E-state index is -1.41. The predicted octanol–water partition coefficient (Wildman–Crippen LogP) is 5.04. The summed E-state index contributed by atoms with van der Waals surface area (Å²) in [7, 11) is 0. The number of esters is 2. The van der Waals surface area contributed by atoms with Crippen molar-refractivity contribution in [3.8, 4) is 0 Å². The highest BCUT2D eigenvalue weighted by atomic mass is 16.6. The number of aliphatic hydroxyl groups is 1. The van der Waals surface area contributed by atoms with Crippen LogP contribution in [0.15, 0.2) is 30.3 Å². The maximum atomic E-state index is 12.3. The molecule has 1 aromatic carbocycles. The number of nitrogens with zero attached hydrogens (tertiary/aromatic N) is 2. The Morgan fingerprint density at radius 1 is 0.898 bits per heavy atom. The van der Waals surface area contributed by atoms with Crippen LogP contribution >= 0.6 is 0 Å². The number of carbonyl (C=O) groups excluding carboxylic acids is 3. The summed E-state index contributed by atoms with van der Waals surface area (Å²) in [6.07, 6.45) is 5.03. The molecule has 0 aromatic heterocycles. The molecule has 12 nitrogen and oxygen atoms in total. The molecule has 12 heteroatoms. The number of aliphatic carboxylic acids is 1. The van der Waals surface area contributed by atoms with Crippen LogP contribution in [0.2, 0.25) is 0 Å². The van der Waals surface area contributed by atoms with Crippen LogP contribution in [0.1, 0.15) is 98.2 Å². The molecule has 1 aromatic rings. The minimum Gasteiger partial charge on any atom is -0.479 e. The van der Waals surface area contributed by atoms with Crippen LogP contribution in [-0.2, 0) is 28.6 Å². The fourth-order valence-corrected chi connectivity index (χ4v) is 6.52. The fourth-order valence-electron chi connectivity index (χ4n) is 6.52. The molecular weight excluding hydrogens is 630 g/mol. The number of likely N-dealkylation sites (tertiary alicyclic amines) is 2. The Labute approximate surface area is 292 Å². The van der Waals surface area contributed by atoms with Crippen LogP contribution in [0.3, 0.4) is 0 Å². The van der Waals surface area contributed by atoms with Crippen molar-refractivity contribution < 1.29 is 43.6 Å². The summed E-state index contributed by atoms with van der Waals surface area (Å²) in [5.41, 5.74) is -0.0512. The SMILES string of the molecule is CCOC(=O)C[C@@H]1CCCN(C2CCN(C(=O)OC(C)(C)C)CC2C)C1.CCOC(=O)C[C@@H]1CCCNC1.O=C(O)[C@H](O)c1ccccc1. The third-order valence-electron chi connectivity index (χ3n) is 8.80. The van der Waals surface area contributed by atoms with Gasteiger partial charge in [-0.25, -0.2) is 9.59 Å². The largest absolute Gasteiger partial charge is 0.479 e. The van der Waals surface area contributed by atoms with Crippen molar-refractivity contribution in [3.63, 3.8) is 0 Å². The Morgan fingerprint density at radius 2 is 1.51 bits per heavy atom. The normalized spacial score (nSPS) is 23.4. The highest BCUT2D eigenvalue weighted by molar-refractivity contribution is 5.74. The maximum absolute atomic E-state index is 12.3. The molecule has 0 bridgehead atoms. The lowest BCUT2D eigenvalue weighted by atomic mass is 9.88. The number of nitrogens with one attached hydrogen (secondary N) is 1. The summed E-state index contributed by atoms with van der Waals surface area (Å²) in [6, 6.07) is 8.73. The molecule has 3 aliphatic heterocycles. The monoisotopic (exact) mass is 691 g/mol. The van der Waals surface area contributed by atoms with Crippen LogP contribution in [0.4, 0.5) is 4.79 Å². The van der Waals surface area contributed by atoms with E-state index in [1.165, 1.54) is 6.42 Å². The molecular formula is C37H61N3O9. The van der Waals surface area contributed by atoms with E-state index in [2.05, 4.69) is 17.1 Å². The molecule has 3 aliphatic rings. The highest BCUT2D eigenvalue weighted by Gasteiger charge is 2.36. The van der Waals surface area contributed by atoms with Crippen molar-refractivity contribution in [3.05, 3.63) is 35.9 Å². The number of piperidine rings is 3. The second-order valence-corrected chi connectivity index (χ2v) is 14.1. The van der Waals surface area contributed by atoms with E-state index in [9.17, 15) is 19.2 Å². The standard InChI is InChI=1S/C20H36N2O4.C9H17NO2.C8H8O3/c1-6-25-18(23)12-16-8-7-10-21(14-16)17-9-11-22(13-15(17)2)19(24)26-20(3,4)5;1-2-12-9(11)6-8-4-3-5-10-7-8;9-7(8(10)11)6-4-2-1-3-5-6/h15-17H,6-14H2,1-5H3;8,10H,2-7H2,1H3;1-5,7,9H,(H,10,11)/t15?,16-,17?;8-;7-/m001/s1. The van der Waals surface area contributed by atoms with Crippen molar-refractivity contribution >= 4 is 24.0 Å².